The SMILES string of the molecule is c1ccc2c(c1)CCCC2c1nccc(CNC2CC2)n1. The Morgan fingerprint density at radius 3 is 2.90 bits per heavy atom. The molecule has 3 heteroatoms. The van der Waals surface area contributed by atoms with E-state index in [1.54, 1.807) is 0 Å². The number of aryl methyl sites for hydroxylation is 1. The summed E-state index contributed by atoms with van der Waals surface area (Å²) in [6.07, 6.45) is 8.13. The zero-order chi connectivity index (χ0) is 14.1. The molecule has 1 aromatic heterocycles. The van der Waals surface area contributed by atoms with Crippen LogP contribution in [-0.4, -0.2) is 16.0 Å². The Balaban J connectivity index is 1.59. The topological polar surface area (TPSA) is 37.8 Å². The van der Waals surface area contributed by atoms with Gasteiger partial charge in [0.05, 0.1) is 5.69 Å². The van der Waals surface area contributed by atoms with Crippen molar-refractivity contribution in [3.63, 3.8) is 0 Å². The van der Waals surface area contributed by atoms with Crippen LogP contribution in [0.5, 0.6) is 0 Å². The van der Waals surface area contributed by atoms with E-state index in [2.05, 4.69) is 34.6 Å². The molecule has 2 aromatic rings. The number of nitrogens with one attached hydrogen (secondary N) is 1. The molecule has 1 heterocycles. The van der Waals surface area contributed by atoms with Crippen molar-refractivity contribution in [2.24, 2.45) is 0 Å². The molecule has 0 radical (unpaired) electrons. The third-order valence-electron chi connectivity index (χ3n) is 4.56. The first kappa shape index (κ1) is 13.0. The molecule has 1 atom stereocenters. The van der Waals surface area contributed by atoms with E-state index in [1.165, 1.54) is 36.8 Å². The van der Waals surface area contributed by atoms with E-state index in [4.69, 9.17) is 4.98 Å². The summed E-state index contributed by atoms with van der Waals surface area (Å²) in [5, 5.41) is 3.53. The molecule has 3 nitrogen and oxygen atoms in total. The third kappa shape index (κ3) is 2.84. The molecule has 1 aromatic carbocycles. The maximum Gasteiger partial charge on any atom is 0.136 e. The van der Waals surface area contributed by atoms with Gasteiger partial charge in [-0.1, -0.05) is 24.3 Å². The van der Waals surface area contributed by atoms with Gasteiger partial charge in [0.15, 0.2) is 0 Å². The van der Waals surface area contributed by atoms with Crippen molar-refractivity contribution in [1.82, 2.24) is 15.3 Å². The smallest absolute Gasteiger partial charge is 0.136 e. The molecule has 0 amide bonds. The van der Waals surface area contributed by atoms with Gasteiger partial charge in [-0.25, -0.2) is 9.97 Å². The maximum atomic E-state index is 4.82. The highest BCUT2D eigenvalue weighted by Gasteiger charge is 2.24. The van der Waals surface area contributed by atoms with Gasteiger partial charge in [0, 0.05) is 24.7 Å². The lowest BCUT2D eigenvalue weighted by molar-refractivity contribution is 0.582. The predicted molar refractivity (Wildman–Crippen MR) is 83.1 cm³/mol. The average Bonchev–Trinajstić information content (AvgIpc) is 3.37. The zero-order valence-electron chi connectivity index (χ0n) is 12.3. The van der Waals surface area contributed by atoms with Gasteiger partial charge in [-0.2, -0.15) is 0 Å². The van der Waals surface area contributed by atoms with Gasteiger partial charge < -0.3 is 5.32 Å². The van der Waals surface area contributed by atoms with Gasteiger partial charge in [-0.05, 0) is 49.3 Å². The molecule has 21 heavy (non-hydrogen) atoms. The lowest BCUT2D eigenvalue weighted by Gasteiger charge is -2.24. The average molecular weight is 279 g/mol. The van der Waals surface area contributed by atoms with E-state index >= 15 is 0 Å². The molecule has 2 aliphatic carbocycles. The van der Waals surface area contributed by atoms with Gasteiger partial charge in [-0.3, -0.25) is 0 Å². The van der Waals surface area contributed by atoms with Crippen LogP contribution in [0.3, 0.4) is 0 Å². The number of aromatic nitrogens is 2. The van der Waals surface area contributed by atoms with Gasteiger partial charge in [-0.15, -0.1) is 0 Å². The molecule has 0 aliphatic heterocycles. The summed E-state index contributed by atoms with van der Waals surface area (Å²) in [7, 11) is 0. The van der Waals surface area contributed by atoms with Gasteiger partial charge in [0.25, 0.3) is 0 Å². The van der Waals surface area contributed by atoms with Gasteiger partial charge in [0.1, 0.15) is 5.82 Å². The van der Waals surface area contributed by atoms with Crippen LogP contribution in [0.15, 0.2) is 36.5 Å². The summed E-state index contributed by atoms with van der Waals surface area (Å²) in [6, 6.07) is 11.5. The summed E-state index contributed by atoms with van der Waals surface area (Å²) in [6.45, 7) is 0.870. The van der Waals surface area contributed by atoms with E-state index in [0.29, 0.717) is 5.92 Å². The van der Waals surface area contributed by atoms with E-state index < -0.39 is 0 Å². The Morgan fingerprint density at radius 2 is 2.00 bits per heavy atom. The highest BCUT2D eigenvalue weighted by atomic mass is 15.0. The first-order chi connectivity index (χ1) is 10.4. The second-order valence-corrected chi connectivity index (χ2v) is 6.20. The highest BCUT2D eigenvalue weighted by molar-refractivity contribution is 5.36. The Morgan fingerprint density at radius 1 is 1.10 bits per heavy atom. The van der Waals surface area contributed by atoms with Crippen LogP contribution in [0.2, 0.25) is 0 Å². The van der Waals surface area contributed by atoms with E-state index in [0.717, 1.165) is 30.5 Å². The number of benzene rings is 1. The summed E-state index contributed by atoms with van der Waals surface area (Å²) < 4.78 is 0. The van der Waals surface area contributed by atoms with Crippen molar-refractivity contribution in [1.29, 1.82) is 0 Å². The molecule has 0 bridgehead atoms. The molecule has 0 spiro atoms. The van der Waals surface area contributed by atoms with Crippen LogP contribution in [0.1, 0.15) is 54.2 Å². The fourth-order valence-electron chi connectivity index (χ4n) is 3.24. The number of hydrogen-bond donors (Lipinski definition) is 1. The Kier molecular flexibility index (Phi) is 3.44. The van der Waals surface area contributed by atoms with Crippen LogP contribution in [0, 0.1) is 0 Å². The normalized spacial score (nSPS) is 21.0. The number of nitrogens with zero attached hydrogens (tertiary/aromatic N) is 2. The van der Waals surface area contributed by atoms with Gasteiger partial charge >= 0.3 is 0 Å². The van der Waals surface area contributed by atoms with Crippen molar-refractivity contribution in [3.8, 4) is 0 Å². The molecular weight excluding hydrogens is 258 g/mol. The van der Waals surface area contributed by atoms with Crippen LogP contribution in [-0.2, 0) is 13.0 Å². The van der Waals surface area contributed by atoms with E-state index in [1.807, 2.05) is 12.3 Å². The lowest BCUT2D eigenvalue weighted by atomic mass is 9.82. The molecular formula is C18H21N3. The second-order valence-electron chi connectivity index (χ2n) is 6.20. The standard InChI is InChI=1S/C18H21N3/c1-2-6-16-13(4-1)5-3-7-17(16)18-19-11-10-15(21-18)12-20-14-8-9-14/h1-2,4,6,10-11,14,17,20H,3,5,7-9,12H2. The second kappa shape index (κ2) is 5.57. The molecule has 4 rings (SSSR count). The molecule has 1 N–H and O–H groups in total. The van der Waals surface area contributed by atoms with Crippen LogP contribution in [0.4, 0.5) is 0 Å². The van der Waals surface area contributed by atoms with E-state index in [9.17, 15) is 0 Å². The summed E-state index contributed by atoms with van der Waals surface area (Å²) >= 11 is 0. The Labute approximate surface area is 125 Å². The molecule has 108 valence electrons. The van der Waals surface area contributed by atoms with Crippen molar-refractivity contribution in [2.75, 3.05) is 0 Å². The maximum absolute atomic E-state index is 4.82. The fraction of sp³-hybridized carbons (Fsp3) is 0.444. The molecule has 1 fully saturated rings. The van der Waals surface area contributed by atoms with E-state index in [-0.39, 0.29) is 0 Å². The lowest BCUT2D eigenvalue weighted by Crippen LogP contribution is -2.18. The minimum Gasteiger partial charge on any atom is -0.308 e. The first-order valence-corrected chi connectivity index (χ1v) is 8.03. The largest absolute Gasteiger partial charge is 0.308 e. The summed E-state index contributed by atoms with van der Waals surface area (Å²) in [5.41, 5.74) is 4.02. The van der Waals surface area contributed by atoms with Crippen molar-refractivity contribution >= 4 is 0 Å². The minimum absolute atomic E-state index is 0.371. The molecule has 1 unspecified atom stereocenters. The van der Waals surface area contributed by atoms with Crippen molar-refractivity contribution in [3.05, 3.63) is 59.2 Å². The van der Waals surface area contributed by atoms with Gasteiger partial charge in [0.2, 0.25) is 0 Å². The fourth-order valence-corrected chi connectivity index (χ4v) is 3.24. The van der Waals surface area contributed by atoms with Crippen LogP contribution >= 0.6 is 0 Å². The molecule has 0 saturated heterocycles. The molecule has 2 aliphatic rings. The molecule has 1 saturated carbocycles. The number of hydrogen-bond acceptors (Lipinski definition) is 3. The monoisotopic (exact) mass is 279 g/mol. The zero-order valence-corrected chi connectivity index (χ0v) is 12.3. The summed E-state index contributed by atoms with van der Waals surface area (Å²) in [4.78, 5) is 9.39. The van der Waals surface area contributed by atoms with Crippen LogP contribution in [0.25, 0.3) is 0 Å². The quantitative estimate of drug-likeness (QED) is 0.934. The Bertz CT molecular complexity index is 634. The third-order valence-corrected chi connectivity index (χ3v) is 4.56. The number of rotatable bonds is 4. The number of fused-ring (bicyclic) bond motifs is 1. The highest BCUT2D eigenvalue weighted by Crippen LogP contribution is 2.34. The van der Waals surface area contributed by atoms with Crippen molar-refractivity contribution in [2.45, 2.75) is 50.6 Å². The summed E-state index contributed by atoms with van der Waals surface area (Å²) in [5.74, 6) is 1.37. The van der Waals surface area contributed by atoms with Crippen LogP contribution < -0.4 is 5.32 Å². The Hall–Kier alpha value is -1.74. The minimum atomic E-state index is 0.371. The first-order valence-electron chi connectivity index (χ1n) is 8.03. The van der Waals surface area contributed by atoms with Crippen molar-refractivity contribution < 1.29 is 0 Å². The predicted octanol–water partition coefficient (Wildman–Crippen LogP) is 3.20.